The predicted molar refractivity (Wildman–Crippen MR) is 87.5 cm³/mol. The highest BCUT2D eigenvalue weighted by Gasteiger charge is 1.97. The molecule has 2 heteroatoms. The minimum Gasteiger partial charge on any atom is -0.330 e. The molecule has 0 heterocycles. The molecule has 0 amide bonds. The molecule has 0 fully saturated rings. The van der Waals surface area contributed by atoms with Crippen molar-refractivity contribution in [2.45, 2.75) is 84.5 Å². The number of hydrogen-bond acceptors (Lipinski definition) is 2. The first-order chi connectivity index (χ1) is 9.31. The maximum Gasteiger partial charge on any atom is -0.00464 e. The van der Waals surface area contributed by atoms with E-state index in [0.29, 0.717) is 0 Å². The second-order valence-corrected chi connectivity index (χ2v) is 6.02. The Hall–Kier alpha value is -0.0800. The molecule has 0 spiro atoms. The van der Waals surface area contributed by atoms with E-state index >= 15 is 0 Å². The predicted octanol–water partition coefficient (Wildman–Crippen LogP) is 4.48. The zero-order valence-electron chi connectivity index (χ0n) is 13.6. The fourth-order valence-corrected chi connectivity index (χ4v) is 2.31. The van der Waals surface area contributed by atoms with Crippen LogP contribution in [0.3, 0.4) is 0 Å². The normalized spacial score (nSPS) is 12.8. The van der Waals surface area contributed by atoms with Crippen LogP contribution >= 0.6 is 0 Å². The van der Waals surface area contributed by atoms with E-state index < -0.39 is 0 Å². The van der Waals surface area contributed by atoms with Crippen LogP contribution in [0, 0.1) is 5.92 Å². The lowest BCUT2D eigenvalue weighted by Gasteiger charge is -2.09. The van der Waals surface area contributed by atoms with Gasteiger partial charge < -0.3 is 11.1 Å². The molecule has 0 radical (unpaired) electrons. The molecule has 0 saturated carbocycles. The fraction of sp³-hybridized carbons (Fsp3) is 1.00. The van der Waals surface area contributed by atoms with E-state index in [1.54, 1.807) is 0 Å². The van der Waals surface area contributed by atoms with Crippen molar-refractivity contribution < 1.29 is 0 Å². The summed E-state index contributed by atoms with van der Waals surface area (Å²) < 4.78 is 0. The van der Waals surface area contributed by atoms with Gasteiger partial charge in [0.1, 0.15) is 0 Å². The van der Waals surface area contributed by atoms with E-state index in [-0.39, 0.29) is 0 Å². The number of rotatable bonds is 15. The molecule has 0 aliphatic heterocycles. The van der Waals surface area contributed by atoms with Crippen LogP contribution in [0.5, 0.6) is 0 Å². The Morgan fingerprint density at radius 3 is 1.84 bits per heavy atom. The van der Waals surface area contributed by atoms with E-state index in [4.69, 9.17) is 5.73 Å². The van der Waals surface area contributed by atoms with E-state index in [1.807, 2.05) is 0 Å². The number of nitrogens with one attached hydrogen (secondary N) is 1. The summed E-state index contributed by atoms with van der Waals surface area (Å²) in [5.41, 5.74) is 5.48. The summed E-state index contributed by atoms with van der Waals surface area (Å²) in [5, 5.41) is 3.56. The van der Waals surface area contributed by atoms with Gasteiger partial charge in [-0.25, -0.2) is 0 Å². The molecule has 116 valence electrons. The minimum atomic E-state index is 0.865. The summed E-state index contributed by atoms with van der Waals surface area (Å²) in [5.74, 6) is 0.881. The number of hydrogen-bond donors (Lipinski definition) is 2. The monoisotopic (exact) mass is 270 g/mol. The van der Waals surface area contributed by atoms with Crippen molar-refractivity contribution in [1.82, 2.24) is 5.32 Å². The van der Waals surface area contributed by atoms with Gasteiger partial charge in [0, 0.05) is 0 Å². The van der Waals surface area contributed by atoms with Crippen LogP contribution in [0.15, 0.2) is 0 Å². The van der Waals surface area contributed by atoms with Crippen LogP contribution in [0.25, 0.3) is 0 Å². The van der Waals surface area contributed by atoms with Gasteiger partial charge in [0.2, 0.25) is 0 Å². The second-order valence-electron chi connectivity index (χ2n) is 6.02. The van der Waals surface area contributed by atoms with Gasteiger partial charge in [-0.1, -0.05) is 65.2 Å². The molecular formula is C17H38N2. The van der Waals surface area contributed by atoms with Gasteiger partial charge in [-0.3, -0.25) is 0 Å². The topological polar surface area (TPSA) is 38.0 Å². The van der Waals surface area contributed by atoms with Crippen molar-refractivity contribution in [2.24, 2.45) is 11.7 Å². The Morgan fingerprint density at radius 2 is 1.32 bits per heavy atom. The van der Waals surface area contributed by atoms with Crippen LogP contribution in [-0.2, 0) is 0 Å². The number of unbranched alkanes of at least 4 members (excludes halogenated alkanes) is 8. The van der Waals surface area contributed by atoms with Crippen LogP contribution in [0.1, 0.15) is 84.5 Å². The molecule has 0 bridgehead atoms. The summed E-state index contributed by atoms with van der Waals surface area (Å²) in [4.78, 5) is 0. The Kier molecular flexibility index (Phi) is 15.9. The molecule has 1 atom stereocenters. The largest absolute Gasteiger partial charge is 0.330 e. The van der Waals surface area contributed by atoms with Crippen molar-refractivity contribution in [3.63, 3.8) is 0 Å². The summed E-state index contributed by atoms with van der Waals surface area (Å²) in [7, 11) is 0. The van der Waals surface area contributed by atoms with E-state index in [2.05, 4.69) is 19.2 Å². The SMILES string of the molecule is CCC(C)CCNCCCCCCCCCCCN. The summed E-state index contributed by atoms with van der Waals surface area (Å²) in [6, 6.07) is 0. The highest BCUT2D eigenvalue weighted by atomic mass is 14.8. The zero-order valence-corrected chi connectivity index (χ0v) is 13.6. The first-order valence-corrected chi connectivity index (χ1v) is 8.72. The molecule has 3 N–H and O–H groups in total. The molecule has 0 aromatic rings. The second kappa shape index (κ2) is 16.0. The van der Waals surface area contributed by atoms with E-state index in [0.717, 1.165) is 12.5 Å². The highest BCUT2D eigenvalue weighted by molar-refractivity contribution is 4.55. The quantitative estimate of drug-likeness (QED) is 0.431. The Morgan fingerprint density at radius 1 is 0.789 bits per heavy atom. The third kappa shape index (κ3) is 15.9. The van der Waals surface area contributed by atoms with Gasteiger partial charge in [0.05, 0.1) is 0 Å². The standard InChI is InChI=1S/C17H38N2/c1-3-17(2)13-16-19-15-12-10-8-6-4-5-7-9-11-14-18/h17,19H,3-16,18H2,1-2H3. The molecule has 0 rings (SSSR count). The average Bonchev–Trinajstić information content (AvgIpc) is 2.43. The Bertz CT molecular complexity index is 159. The van der Waals surface area contributed by atoms with Crippen molar-refractivity contribution in [2.75, 3.05) is 19.6 Å². The van der Waals surface area contributed by atoms with E-state index in [9.17, 15) is 0 Å². The van der Waals surface area contributed by atoms with Crippen molar-refractivity contribution in [1.29, 1.82) is 0 Å². The van der Waals surface area contributed by atoms with Crippen molar-refractivity contribution >= 4 is 0 Å². The Labute approximate surface area is 121 Å². The van der Waals surface area contributed by atoms with Crippen molar-refractivity contribution in [3.05, 3.63) is 0 Å². The van der Waals surface area contributed by atoms with Crippen molar-refractivity contribution in [3.8, 4) is 0 Å². The first kappa shape index (κ1) is 18.9. The molecule has 0 aromatic carbocycles. The van der Waals surface area contributed by atoms with Crippen LogP contribution in [0.2, 0.25) is 0 Å². The maximum atomic E-state index is 5.48. The molecule has 0 aliphatic rings. The zero-order chi connectivity index (χ0) is 14.2. The molecule has 0 saturated heterocycles. The lowest BCUT2D eigenvalue weighted by atomic mass is 10.1. The average molecular weight is 271 g/mol. The van der Waals surface area contributed by atoms with Gasteiger partial charge in [0.25, 0.3) is 0 Å². The first-order valence-electron chi connectivity index (χ1n) is 8.72. The molecule has 19 heavy (non-hydrogen) atoms. The highest BCUT2D eigenvalue weighted by Crippen LogP contribution is 2.09. The minimum absolute atomic E-state index is 0.865. The Balaban J connectivity index is 2.95. The number of nitrogens with two attached hydrogens (primary N) is 1. The third-order valence-corrected chi connectivity index (χ3v) is 4.07. The molecule has 0 aliphatic carbocycles. The van der Waals surface area contributed by atoms with Gasteiger partial charge in [-0.05, 0) is 44.8 Å². The summed E-state index contributed by atoms with van der Waals surface area (Å²) in [6.07, 6.45) is 15.0. The van der Waals surface area contributed by atoms with Crippen LogP contribution < -0.4 is 11.1 Å². The summed E-state index contributed by atoms with van der Waals surface area (Å²) in [6.45, 7) is 7.91. The van der Waals surface area contributed by atoms with Gasteiger partial charge >= 0.3 is 0 Å². The molecular weight excluding hydrogens is 232 g/mol. The van der Waals surface area contributed by atoms with Gasteiger partial charge in [0.15, 0.2) is 0 Å². The molecule has 0 aromatic heterocycles. The van der Waals surface area contributed by atoms with Crippen LogP contribution in [0.4, 0.5) is 0 Å². The molecule has 1 unspecified atom stereocenters. The fourth-order valence-electron chi connectivity index (χ4n) is 2.31. The molecule has 2 nitrogen and oxygen atoms in total. The van der Waals surface area contributed by atoms with Crippen LogP contribution in [-0.4, -0.2) is 19.6 Å². The smallest absolute Gasteiger partial charge is 0.00464 e. The lowest BCUT2D eigenvalue weighted by Crippen LogP contribution is -2.18. The summed E-state index contributed by atoms with van der Waals surface area (Å²) >= 11 is 0. The maximum absolute atomic E-state index is 5.48. The van der Waals surface area contributed by atoms with Gasteiger partial charge in [-0.15, -0.1) is 0 Å². The lowest BCUT2D eigenvalue weighted by molar-refractivity contribution is 0.479. The van der Waals surface area contributed by atoms with Gasteiger partial charge in [-0.2, -0.15) is 0 Å². The third-order valence-electron chi connectivity index (χ3n) is 4.07. The van der Waals surface area contributed by atoms with E-state index in [1.165, 1.54) is 83.7 Å².